The number of nitrogens with zero attached hydrogens (tertiary/aromatic N) is 1. The van der Waals surface area contributed by atoms with Crippen molar-refractivity contribution < 1.29 is 4.42 Å². The summed E-state index contributed by atoms with van der Waals surface area (Å²) < 4.78 is 4.79. The van der Waals surface area contributed by atoms with Gasteiger partial charge in [-0.25, -0.2) is 9.89 Å². The highest BCUT2D eigenvalue weighted by Gasteiger charge is 2.03. The van der Waals surface area contributed by atoms with Gasteiger partial charge in [-0.1, -0.05) is 12.1 Å². The van der Waals surface area contributed by atoms with E-state index in [9.17, 15) is 4.79 Å². The molecule has 0 aliphatic rings. The van der Waals surface area contributed by atoms with Gasteiger partial charge in [0.2, 0.25) is 5.89 Å². The van der Waals surface area contributed by atoms with Crippen molar-refractivity contribution in [1.82, 2.24) is 10.2 Å². The van der Waals surface area contributed by atoms with Gasteiger partial charge in [-0.05, 0) is 17.7 Å². The molecule has 72 valence electrons. The van der Waals surface area contributed by atoms with Crippen LogP contribution < -0.4 is 5.76 Å². The van der Waals surface area contributed by atoms with E-state index in [4.69, 9.17) is 16.0 Å². The zero-order chi connectivity index (χ0) is 9.97. The number of alkyl halides is 1. The highest BCUT2D eigenvalue weighted by Crippen LogP contribution is 2.16. The molecule has 0 bridgehead atoms. The molecule has 0 saturated carbocycles. The Morgan fingerprint density at radius 2 is 2.07 bits per heavy atom. The van der Waals surface area contributed by atoms with Gasteiger partial charge in [-0.3, -0.25) is 0 Å². The van der Waals surface area contributed by atoms with Gasteiger partial charge in [0.05, 0.1) is 0 Å². The Balaban J connectivity index is 2.38. The van der Waals surface area contributed by atoms with E-state index in [1.54, 1.807) is 12.1 Å². The van der Waals surface area contributed by atoms with E-state index in [1.165, 1.54) is 0 Å². The van der Waals surface area contributed by atoms with Gasteiger partial charge in [0, 0.05) is 11.4 Å². The smallest absolute Gasteiger partial charge is 0.388 e. The van der Waals surface area contributed by atoms with Crippen molar-refractivity contribution in [3.63, 3.8) is 0 Å². The third-order valence-corrected chi connectivity index (χ3v) is 2.10. The number of aromatic nitrogens is 2. The summed E-state index contributed by atoms with van der Waals surface area (Å²) in [6.45, 7) is 0. The molecular weight excluding hydrogens is 204 g/mol. The predicted octanol–water partition coefficient (Wildman–Crippen LogP) is 1.77. The Morgan fingerprint density at radius 3 is 2.57 bits per heavy atom. The fourth-order valence-electron chi connectivity index (χ4n) is 1.09. The average molecular weight is 211 g/mol. The molecular formula is C9H7ClN2O2. The summed E-state index contributed by atoms with van der Waals surface area (Å²) in [6.07, 6.45) is 0. The molecule has 1 aromatic carbocycles. The van der Waals surface area contributed by atoms with E-state index in [0.717, 1.165) is 11.1 Å². The number of halogens is 1. The third kappa shape index (κ3) is 1.70. The molecule has 0 amide bonds. The Kier molecular flexibility index (Phi) is 2.37. The first-order valence-electron chi connectivity index (χ1n) is 4.00. The molecule has 2 aromatic rings. The van der Waals surface area contributed by atoms with Gasteiger partial charge in [0.1, 0.15) is 0 Å². The van der Waals surface area contributed by atoms with Crippen molar-refractivity contribution in [1.29, 1.82) is 0 Å². The summed E-state index contributed by atoms with van der Waals surface area (Å²) in [5, 5.41) is 5.90. The van der Waals surface area contributed by atoms with Crippen molar-refractivity contribution in [3.8, 4) is 11.5 Å². The van der Waals surface area contributed by atoms with E-state index in [2.05, 4.69) is 10.2 Å². The minimum Gasteiger partial charge on any atom is -0.388 e. The van der Waals surface area contributed by atoms with E-state index in [1.807, 2.05) is 12.1 Å². The molecule has 2 rings (SSSR count). The van der Waals surface area contributed by atoms with Crippen LogP contribution >= 0.6 is 11.6 Å². The lowest BCUT2D eigenvalue weighted by molar-refractivity contribution is 0.527. The lowest BCUT2D eigenvalue weighted by Gasteiger charge is -1.96. The van der Waals surface area contributed by atoms with Gasteiger partial charge in [-0.2, -0.15) is 0 Å². The predicted molar refractivity (Wildman–Crippen MR) is 52.1 cm³/mol. The molecule has 5 heteroatoms. The summed E-state index contributed by atoms with van der Waals surface area (Å²) in [4.78, 5) is 10.7. The van der Waals surface area contributed by atoms with Crippen molar-refractivity contribution in [3.05, 3.63) is 40.4 Å². The molecule has 0 unspecified atom stereocenters. The van der Waals surface area contributed by atoms with Gasteiger partial charge >= 0.3 is 5.76 Å². The molecule has 1 aromatic heterocycles. The van der Waals surface area contributed by atoms with Crippen LogP contribution in [0, 0.1) is 0 Å². The maximum absolute atomic E-state index is 10.7. The molecule has 1 heterocycles. The van der Waals surface area contributed by atoms with E-state index in [-0.39, 0.29) is 5.89 Å². The van der Waals surface area contributed by atoms with Crippen LogP contribution in [-0.4, -0.2) is 10.2 Å². The molecule has 0 fully saturated rings. The van der Waals surface area contributed by atoms with Crippen molar-refractivity contribution in [2.45, 2.75) is 5.88 Å². The highest BCUT2D eigenvalue weighted by atomic mass is 35.5. The largest absolute Gasteiger partial charge is 0.434 e. The van der Waals surface area contributed by atoms with Gasteiger partial charge < -0.3 is 4.42 Å². The fourth-order valence-corrected chi connectivity index (χ4v) is 1.27. The van der Waals surface area contributed by atoms with Gasteiger partial charge in [0.25, 0.3) is 0 Å². The first-order chi connectivity index (χ1) is 6.79. The first-order valence-corrected chi connectivity index (χ1v) is 4.54. The summed E-state index contributed by atoms with van der Waals surface area (Å²) in [5.41, 5.74) is 1.76. The van der Waals surface area contributed by atoms with E-state index in [0.29, 0.717) is 5.88 Å². The quantitative estimate of drug-likeness (QED) is 0.769. The lowest BCUT2D eigenvalue weighted by atomic mass is 10.1. The minimum atomic E-state index is -0.554. The van der Waals surface area contributed by atoms with Crippen LogP contribution in [0.15, 0.2) is 33.5 Å². The van der Waals surface area contributed by atoms with Crippen molar-refractivity contribution >= 4 is 11.6 Å². The topological polar surface area (TPSA) is 58.9 Å². The molecule has 0 atom stereocenters. The standard InChI is InChI=1S/C9H7ClN2O2/c10-5-6-1-3-7(4-2-6)8-11-12-9(13)14-8/h1-4H,5H2,(H,12,13). The second kappa shape index (κ2) is 3.67. The number of hydrogen-bond acceptors (Lipinski definition) is 3. The molecule has 4 nitrogen and oxygen atoms in total. The van der Waals surface area contributed by atoms with Crippen molar-refractivity contribution in [2.75, 3.05) is 0 Å². The van der Waals surface area contributed by atoms with E-state index >= 15 is 0 Å². The minimum absolute atomic E-state index is 0.288. The maximum atomic E-state index is 10.7. The van der Waals surface area contributed by atoms with Gasteiger partial charge in [0.15, 0.2) is 0 Å². The second-order valence-electron chi connectivity index (χ2n) is 2.75. The number of benzene rings is 1. The van der Waals surface area contributed by atoms with Crippen LogP contribution in [0.2, 0.25) is 0 Å². The van der Waals surface area contributed by atoms with Crippen LogP contribution in [-0.2, 0) is 5.88 Å². The third-order valence-electron chi connectivity index (χ3n) is 1.79. The Hall–Kier alpha value is -1.55. The summed E-state index contributed by atoms with van der Waals surface area (Å²) in [6, 6.07) is 7.32. The number of rotatable bonds is 2. The monoisotopic (exact) mass is 210 g/mol. The summed E-state index contributed by atoms with van der Waals surface area (Å²) in [5.74, 6) is 0.197. The summed E-state index contributed by atoms with van der Waals surface area (Å²) >= 11 is 5.63. The number of H-pyrrole nitrogens is 1. The van der Waals surface area contributed by atoms with Crippen LogP contribution in [0.3, 0.4) is 0 Å². The lowest BCUT2D eigenvalue weighted by Crippen LogP contribution is -1.93. The highest BCUT2D eigenvalue weighted by molar-refractivity contribution is 6.17. The van der Waals surface area contributed by atoms with Crippen molar-refractivity contribution in [2.24, 2.45) is 0 Å². The first kappa shape index (κ1) is 9.02. The normalized spacial score (nSPS) is 10.4. The van der Waals surface area contributed by atoms with Crippen LogP contribution in [0.4, 0.5) is 0 Å². The number of nitrogens with one attached hydrogen (secondary N) is 1. The molecule has 0 aliphatic heterocycles. The van der Waals surface area contributed by atoms with Gasteiger partial charge in [-0.15, -0.1) is 16.7 Å². The molecule has 0 saturated heterocycles. The SMILES string of the molecule is O=c1[nH]nc(-c2ccc(CCl)cc2)o1. The number of aromatic amines is 1. The van der Waals surface area contributed by atoms with Crippen LogP contribution in [0.25, 0.3) is 11.5 Å². The average Bonchev–Trinajstić information content (AvgIpc) is 2.65. The zero-order valence-corrected chi connectivity index (χ0v) is 7.91. The maximum Gasteiger partial charge on any atom is 0.434 e. The Morgan fingerprint density at radius 1 is 1.36 bits per heavy atom. The molecule has 0 spiro atoms. The zero-order valence-electron chi connectivity index (χ0n) is 7.16. The van der Waals surface area contributed by atoms with E-state index < -0.39 is 5.76 Å². The summed E-state index contributed by atoms with van der Waals surface area (Å²) in [7, 11) is 0. The van der Waals surface area contributed by atoms with Crippen LogP contribution in [0.1, 0.15) is 5.56 Å². The molecule has 0 aliphatic carbocycles. The Bertz CT molecular complexity index is 472. The van der Waals surface area contributed by atoms with Crippen LogP contribution in [0.5, 0.6) is 0 Å². The number of hydrogen-bond donors (Lipinski definition) is 1. The molecule has 14 heavy (non-hydrogen) atoms. The molecule has 1 N–H and O–H groups in total. The molecule has 0 radical (unpaired) electrons. The Labute approximate surface area is 84.5 Å². The fraction of sp³-hybridized carbons (Fsp3) is 0.111. The second-order valence-corrected chi connectivity index (χ2v) is 3.02.